The van der Waals surface area contributed by atoms with Crippen molar-refractivity contribution >= 4 is 23.5 Å². The topological polar surface area (TPSA) is 102 Å². The summed E-state index contributed by atoms with van der Waals surface area (Å²) >= 11 is 0. The lowest BCUT2D eigenvalue weighted by molar-refractivity contribution is -0.126. The van der Waals surface area contributed by atoms with Crippen LogP contribution in [0.3, 0.4) is 0 Å². The molecule has 33 heavy (non-hydrogen) atoms. The van der Waals surface area contributed by atoms with Crippen molar-refractivity contribution in [1.82, 2.24) is 10.2 Å². The van der Waals surface area contributed by atoms with E-state index < -0.39 is 30.2 Å². The molecular weight excluding hydrogens is 424 g/mol. The Balaban J connectivity index is 3.28. The minimum atomic E-state index is -0.809. The largest absolute Gasteiger partial charge is 0.496 e. The fourth-order valence-corrected chi connectivity index (χ4v) is 3.60. The molecule has 1 saturated heterocycles. The molecule has 0 aromatic heterocycles. The number of urea groups is 1. The minimum absolute atomic E-state index is 0.0136. The third-order valence-corrected chi connectivity index (χ3v) is 6.06. The van der Waals surface area contributed by atoms with Gasteiger partial charge in [-0.1, -0.05) is 54.7 Å². The van der Waals surface area contributed by atoms with Gasteiger partial charge in [-0.2, -0.15) is 0 Å². The van der Waals surface area contributed by atoms with E-state index in [-0.39, 0.29) is 54.7 Å². The monoisotopic (exact) mass is 464 g/mol. The van der Waals surface area contributed by atoms with Crippen molar-refractivity contribution in [3.63, 3.8) is 0 Å². The number of allylic oxidation sites excluding steroid dienone is 1. The molecule has 0 aromatic rings. The molecule has 0 aliphatic carbocycles. The van der Waals surface area contributed by atoms with Gasteiger partial charge < -0.3 is 14.4 Å². The molecule has 1 aliphatic rings. The van der Waals surface area contributed by atoms with E-state index in [4.69, 9.17) is 9.47 Å². The maximum atomic E-state index is 12.7. The van der Waals surface area contributed by atoms with Crippen molar-refractivity contribution in [2.75, 3.05) is 13.7 Å². The zero-order valence-electron chi connectivity index (χ0n) is 21.1. The molecule has 2 unspecified atom stereocenters. The molecule has 1 heterocycles. The Morgan fingerprint density at radius 2 is 1.48 bits per heavy atom. The highest BCUT2D eigenvalue weighted by atomic mass is 16.6. The predicted molar refractivity (Wildman–Crippen MR) is 126 cm³/mol. The summed E-state index contributed by atoms with van der Waals surface area (Å²) in [7, 11) is 1.50. The molecule has 0 spiro atoms. The highest BCUT2D eigenvalue weighted by Gasteiger charge is 2.49. The van der Waals surface area contributed by atoms with E-state index in [1.165, 1.54) is 11.9 Å². The Morgan fingerprint density at radius 1 is 0.970 bits per heavy atom. The number of Topliss-reactive ketones (excluding diaryl/α,β-unsaturated/α-hetero) is 2. The maximum absolute atomic E-state index is 12.7. The summed E-state index contributed by atoms with van der Waals surface area (Å²) in [5.41, 5.74) is 0. The van der Waals surface area contributed by atoms with Gasteiger partial charge in [-0.15, -0.1) is 0 Å². The van der Waals surface area contributed by atoms with Gasteiger partial charge in [0.2, 0.25) is 0 Å². The minimum Gasteiger partial charge on any atom is -0.496 e. The van der Waals surface area contributed by atoms with Crippen molar-refractivity contribution in [1.29, 1.82) is 0 Å². The second-order valence-corrected chi connectivity index (χ2v) is 9.58. The van der Waals surface area contributed by atoms with E-state index in [9.17, 15) is 19.2 Å². The molecule has 1 rings (SSSR count). The number of nitrogens with one attached hydrogen (secondary N) is 1. The van der Waals surface area contributed by atoms with Crippen LogP contribution >= 0.6 is 0 Å². The summed E-state index contributed by atoms with van der Waals surface area (Å²) in [6.07, 6.45) is 0.0134. The summed E-state index contributed by atoms with van der Waals surface area (Å²) in [6.45, 7) is 18.6. The Bertz CT molecular complexity index is 758. The van der Waals surface area contributed by atoms with E-state index in [0.717, 1.165) is 6.08 Å². The number of hydrogen-bond donors (Lipinski definition) is 1. The first kappa shape index (κ1) is 28.6. The average molecular weight is 465 g/mol. The third kappa shape index (κ3) is 8.11. The second-order valence-electron chi connectivity index (χ2n) is 9.58. The van der Waals surface area contributed by atoms with Crippen molar-refractivity contribution in [2.45, 2.75) is 66.7 Å². The smallest absolute Gasteiger partial charge is 0.326 e. The number of amides is 3. The number of ketones is 2. The summed E-state index contributed by atoms with van der Waals surface area (Å²) in [5.74, 6) is -1.03. The Hall–Kier alpha value is -2.48. The molecule has 0 radical (unpaired) electrons. The second kappa shape index (κ2) is 12.7. The molecule has 1 fully saturated rings. The quantitative estimate of drug-likeness (QED) is 0.349. The standard InChI is InChI=1S/C25H40N2O6/c1-10-23(30)26-25(31)27(9)24-19(12-21(29)16(6)7)18(11-20(28)15(4)5)22(33-24)13-32-17(8)14(2)3/h10,14-16,18-19,22,24H,1,8,11-13H2,2-7,9H3,(H,26,30,31)/t18-,19+,22?,24?/m0/s1. The lowest BCUT2D eigenvalue weighted by Gasteiger charge is -2.30. The SMILES string of the molecule is C=CC(=O)NC(=O)N(C)C1OC(COC(=C)C(C)C)[C@@H](CC(=O)C(C)C)[C@H]1CC(=O)C(C)C. The number of hydrogen-bond acceptors (Lipinski definition) is 6. The number of nitrogens with zero attached hydrogens (tertiary/aromatic N) is 1. The molecule has 0 bridgehead atoms. The van der Waals surface area contributed by atoms with Gasteiger partial charge in [0.05, 0.1) is 11.9 Å². The molecule has 8 nitrogen and oxygen atoms in total. The zero-order valence-corrected chi connectivity index (χ0v) is 21.1. The number of imide groups is 1. The molecule has 0 saturated carbocycles. The van der Waals surface area contributed by atoms with Gasteiger partial charge in [0, 0.05) is 49.5 Å². The summed E-state index contributed by atoms with van der Waals surface area (Å²) in [4.78, 5) is 51.0. The zero-order chi connectivity index (χ0) is 25.5. The van der Waals surface area contributed by atoms with Crippen LogP contribution in [0.15, 0.2) is 25.0 Å². The van der Waals surface area contributed by atoms with Crippen LogP contribution in [-0.2, 0) is 23.9 Å². The molecule has 1 N–H and O–H groups in total. The molecular formula is C25H40N2O6. The maximum Gasteiger partial charge on any atom is 0.326 e. The number of carbonyl (C=O) groups is 4. The first-order valence-electron chi connectivity index (χ1n) is 11.5. The molecule has 186 valence electrons. The van der Waals surface area contributed by atoms with Crippen molar-refractivity contribution in [3.8, 4) is 0 Å². The number of rotatable bonds is 12. The van der Waals surface area contributed by atoms with Crippen molar-refractivity contribution in [2.24, 2.45) is 29.6 Å². The van der Waals surface area contributed by atoms with Gasteiger partial charge in [-0.3, -0.25) is 19.7 Å². The van der Waals surface area contributed by atoms with E-state index in [0.29, 0.717) is 5.76 Å². The van der Waals surface area contributed by atoms with Crippen LogP contribution in [0.25, 0.3) is 0 Å². The highest BCUT2D eigenvalue weighted by Crippen LogP contribution is 2.40. The molecule has 1 aliphatic heterocycles. The Morgan fingerprint density at radius 3 is 1.94 bits per heavy atom. The Kier molecular flexibility index (Phi) is 11.0. The normalized spacial score (nSPS) is 22.4. The lowest BCUT2D eigenvalue weighted by Crippen LogP contribution is -2.48. The number of ether oxygens (including phenoxy) is 2. The van der Waals surface area contributed by atoms with Crippen LogP contribution in [0.2, 0.25) is 0 Å². The van der Waals surface area contributed by atoms with Crippen LogP contribution in [0.4, 0.5) is 4.79 Å². The highest BCUT2D eigenvalue weighted by molar-refractivity contribution is 5.99. The van der Waals surface area contributed by atoms with E-state index in [1.54, 1.807) is 0 Å². The third-order valence-electron chi connectivity index (χ3n) is 6.06. The summed E-state index contributed by atoms with van der Waals surface area (Å²) in [5, 5.41) is 2.21. The fourth-order valence-electron chi connectivity index (χ4n) is 3.60. The Labute approximate surface area is 197 Å². The van der Waals surface area contributed by atoms with Crippen LogP contribution in [-0.4, -0.2) is 54.4 Å². The van der Waals surface area contributed by atoms with Crippen LogP contribution < -0.4 is 5.32 Å². The molecule has 4 atom stereocenters. The predicted octanol–water partition coefficient (Wildman–Crippen LogP) is 3.71. The molecule has 0 aromatic carbocycles. The average Bonchev–Trinajstić information content (AvgIpc) is 3.07. The van der Waals surface area contributed by atoms with Crippen LogP contribution in [0, 0.1) is 29.6 Å². The first-order chi connectivity index (χ1) is 15.3. The van der Waals surface area contributed by atoms with Gasteiger partial charge >= 0.3 is 6.03 Å². The van der Waals surface area contributed by atoms with E-state index in [2.05, 4.69) is 18.5 Å². The fraction of sp³-hybridized carbons (Fsp3) is 0.680. The molecule has 8 heteroatoms. The lowest BCUT2D eigenvalue weighted by atomic mass is 9.79. The van der Waals surface area contributed by atoms with Crippen LogP contribution in [0.1, 0.15) is 54.4 Å². The van der Waals surface area contributed by atoms with Crippen molar-refractivity contribution < 1.29 is 28.7 Å². The summed E-state index contributed by atoms with van der Waals surface area (Å²) in [6, 6.07) is -0.672. The van der Waals surface area contributed by atoms with Gasteiger partial charge in [-0.25, -0.2) is 4.79 Å². The van der Waals surface area contributed by atoms with Gasteiger partial charge in [-0.05, 0) is 6.08 Å². The number of carbonyl (C=O) groups excluding carboxylic acids is 4. The van der Waals surface area contributed by atoms with E-state index in [1.807, 2.05) is 41.5 Å². The summed E-state index contributed by atoms with van der Waals surface area (Å²) < 4.78 is 12.1. The van der Waals surface area contributed by atoms with Gasteiger partial charge in [0.1, 0.15) is 24.4 Å². The van der Waals surface area contributed by atoms with Crippen LogP contribution in [0.5, 0.6) is 0 Å². The van der Waals surface area contributed by atoms with Gasteiger partial charge in [0.15, 0.2) is 0 Å². The van der Waals surface area contributed by atoms with Crippen molar-refractivity contribution in [3.05, 3.63) is 25.0 Å². The van der Waals surface area contributed by atoms with Gasteiger partial charge in [0.25, 0.3) is 5.91 Å². The van der Waals surface area contributed by atoms with E-state index >= 15 is 0 Å². The molecule has 3 amide bonds. The first-order valence-corrected chi connectivity index (χ1v) is 11.5.